The minimum Gasteiger partial charge on any atom is -0.381 e. The molecule has 0 saturated carbocycles. The van der Waals surface area contributed by atoms with Crippen LogP contribution in [0, 0.1) is 0 Å². The van der Waals surface area contributed by atoms with Crippen molar-refractivity contribution < 1.29 is 4.74 Å². The summed E-state index contributed by atoms with van der Waals surface area (Å²) in [6, 6.07) is 0. The van der Waals surface area contributed by atoms with Gasteiger partial charge in [0.1, 0.15) is 0 Å². The molecule has 7 nitrogen and oxygen atoms in total. The summed E-state index contributed by atoms with van der Waals surface area (Å²) < 4.78 is 9.66. The number of ether oxygens (including phenoxy) is 1. The summed E-state index contributed by atoms with van der Waals surface area (Å²) in [6.45, 7) is 3.65. The van der Waals surface area contributed by atoms with Gasteiger partial charge in [0, 0.05) is 33.9 Å². The second-order valence-corrected chi connectivity index (χ2v) is 4.79. The highest BCUT2D eigenvalue weighted by Gasteiger charge is 2.14. The molecule has 110 valence electrons. The molecule has 0 spiro atoms. The van der Waals surface area contributed by atoms with Crippen LogP contribution < -0.4 is 11.2 Å². The first-order valence-electron chi connectivity index (χ1n) is 6.76. The minimum atomic E-state index is -0.336. The molecular formula is C13H20N4O3. The smallest absolute Gasteiger partial charge is 0.332 e. The maximum atomic E-state index is 12.4. The Morgan fingerprint density at radius 1 is 1.25 bits per heavy atom. The average molecular weight is 280 g/mol. The van der Waals surface area contributed by atoms with Gasteiger partial charge in [0.25, 0.3) is 5.56 Å². The van der Waals surface area contributed by atoms with E-state index in [1.165, 1.54) is 9.13 Å². The largest absolute Gasteiger partial charge is 0.381 e. The summed E-state index contributed by atoms with van der Waals surface area (Å²) in [5, 5.41) is 0. The molecule has 2 heterocycles. The van der Waals surface area contributed by atoms with Gasteiger partial charge in [0.15, 0.2) is 11.2 Å². The lowest BCUT2D eigenvalue weighted by molar-refractivity contribution is 0.129. The number of nitrogens with zero attached hydrogens (tertiary/aromatic N) is 4. The van der Waals surface area contributed by atoms with Crippen molar-refractivity contribution in [3.63, 3.8) is 0 Å². The monoisotopic (exact) mass is 280 g/mol. The Kier molecular flexibility index (Phi) is 4.39. The van der Waals surface area contributed by atoms with E-state index in [0.717, 1.165) is 6.42 Å². The second kappa shape index (κ2) is 6.04. The van der Waals surface area contributed by atoms with Crippen molar-refractivity contribution in [2.24, 2.45) is 14.1 Å². The molecule has 0 aromatic carbocycles. The fourth-order valence-corrected chi connectivity index (χ4v) is 2.16. The number of aryl methyl sites for hydroxylation is 2. The van der Waals surface area contributed by atoms with Gasteiger partial charge >= 0.3 is 5.69 Å². The van der Waals surface area contributed by atoms with Gasteiger partial charge in [-0.15, -0.1) is 0 Å². The summed E-state index contributed by atoms with van der Waals surface area (Å²) in [5.41, 5.74) is 0.234. The highest BCUT2D eigenvalue weighted by Crippen LogP contribution is 2.03. The average Bonchev–Trinajstić information content (AvgIpc) is 2.81. The molecule has 0 aliphatic rings. The van der Waals surface area contributed by atoms with E-state index < -0.39 is 0 Å². The molecule has 2 aromatic rings. The second-order valence-electron chi connectivity index (χ2n) is 4.79. The van der Waals surface area contributed by atoms with E-state index in [0.29, 0.717) is 37.3 Å². The van der Waals surface area contributed by atoms with Gasteiger partial charge in [-0.3, -0.25) is 13.9 Å². The van der Waals surface area contributed by atoms with Crippen molar-refractivity contribution in [1.82, 2.24) is 18.7 Å². The topological polar surface area (TPSA) is 71.1 Å². The number of imidazole rings is 1. The van der Waals surface area contributed by atoms with Crippen LogP contribution in [0.2, 0.25) is 0 Å². The Morgan fingerprint density at radius 2 is 2.00 bits per heavy atom. The van der Waals surface area contributed by atoms with Gasteiger partial charge in [-0.25, -0.2) is 9.78 Å². The molecule has 0 aliphatic heterocycles. The zero-order valence-corrected chi connectivity index (χ0v) is 12.1. The normalized spacial score (nSPS) is 11.3. The lowest BCUT2D eigenvalue weighted by Crippen LogP contribution is -2.39. The first kappa shape index (κ1) is 14.5. The number of rotatable bonds is 6. The van der Waals surface area contributed by atoms with Gasteiger partial charge in [-0.05, 0) is 12.8 Å². The predicted octanol–water partition coefficient (Wildman–Crippen LogP) is 0.250. The van der Waals surface area contributed by atoms with Crippen LogP contribution in [0.3, 0.4) is 0 Å². The van der Waals surface area contributed by atoms with E-state index in [9.17, 15) is 9.59 Å². The quantitative estimate of drug-likeness (QED) is 0.711. The fraction of sp³-hybridized carbons (Fsp3) is 0.615. The van der Waals surface area contributed by atoms with E-state index in [1.807, 2.05) is 6.92 Å². The van der Waals surface area contributed by atoms with Crippen LogP contribution in [0.25, 0.3) is 11.2 Å². The maximum absolute atomic E-state index is 12.4. The van der Waals surface area contributed by atoms with E-state index in [4.69, 9.17) is 4.74 Å². The van der Waals surface area contributed by atoms with Gasteiger partial charge in [-0.2, -0.15) is 0 Å². The van der Waals surface area contributed by atoms with E-state index in [2.05, 4.69) is 4.98 Å². The molecular weight excluding hydrogens is 260 g/mol. The van der Waals surface area contributed by atoms with Gasteiger partial charge in [0.2, 0.25) is 0 Å². The highest BCUT2D eigenvalue weighted by atomic mass is 16.5. The van der Waals surface area contributed by atoms with Crippen LogP contribution in [0.5, 0.6) is 0 Å². The molecule has 2 rings (SSSR count). The first-order valence-corrected chi connectivity index (χ1v) is 6.76. The van der Waals surface area contributed by atoms with E-state index >= 15 is 0 Å². The summed E-state index contributed by atoms with van der Waals surface area (Å²) in [6.07, 6.45) is 3.14. The van der Waals surface area contributed by atoms with Crippen LogP contribution in [0.4, 0.5) is 0 Å². The molecule has 0 unspecified atom stereocenters. The summed E-state index contributed by atoms with van der Waals surface area (Å²) >= 11 is 0. The molecule has 0 bridgehead atoms. The molecule has 0 saturated heterocycles. The molecule has 7 heteroatoms. The molecule has 0 aliphatic carbocycles. The lowest BCUT2D eigenvalue weighted by Gasteiger charge is -2.08. The van der Waals surface area contributed by atoms with Crippen molar-refractivity contribution in [3.05, 3.63) is 27.2 Å². The molecule has 20 heavy (non-hydrogen) atoms. The van der Waals surface area contributed by atoms with Gasteiger partial charge < -0.3 is 9.30 Å². The zero-order chi connectivity index (χ0) is 14.7. The summed E-state index contributed by atoms with van der Waals surface area (Å²) in [4.78, 5) is 28.6. The SMILES string of the molecule is CCCOCCCn1c(=O)c2c(ncn2C)n(C)c1=O. The number of aromatic nitrogens is 4. The van der Waals surface area contributed by atoms with Gasteiger partial charge in [-0.1, -0.05) is 6.92 Å². The molecule has 0 atom stereocenters. The zero-order valence-electron chi connectivity index (χ0n) is 12.1. The number of hydrogen-bond acceptors (Lipinski definition) is 4. The molecule has 0 radical (unpaired) electrons. The molecule has 2 aromatic heterocycles. The van der Waals surface area contributed by atoms with Crippen molar-refractivity contribution >= 4 is 11.2 Å². The number of fused-ring (bicyclic) bond motifs is 1. The van der Waals surface area contributed by atoms with Crippen LogP contribution in [-0.2, 0) is 25.4 Å². The van der Waals surface area contributed by atoms with Crippen LogP contribution in [0.15, 0.2) is 15.9 Å². The molecule has 0 amide bonds. The third-order valence-corrected chi connectivity index (χ3v) is 3.22. The third-order valence-electron chi connectivity index (χ3n) is 3.22. The van der Waals surface area contributed by atoms with Crippen LogP contribution in [0.1, 0.15) is 19.8 Å². The third kappa shape index (κ3) is 2.53. The summed E-state index contributed by atoms with van der Waals surface area (Å²) in [7, 11) is 3.37. The van der Waals surface area contributed by atoms with Crippen LogP contribution in [-0.4, -0.2) is 31.9 Å². The Balaban J connectivity index is 2.31. The number of hydrogen-bond donors (Lipinski definition) is 0. The Bertz CT molecular complexity index is 711. The maximum Gasteiger partial charge on any atom is 0.332 e. The van der Waals surface area contributed by atoms with E-state index in [-0.39, 0.29) is 11.2 Å². The standard InChI is InChI=1S/C13H20N4O3/c1-4-7-20-8-5-6-17-12(18)10-11(14-9-15(10)2)16(3)13(17)19/h9H,4-8H2,1-3H3. The van der Waals surface area contributed by atoms with Crippen molar-refractivity contribution in [2.75, 3.05) is 13.2 Å². The first-order chi connectivity index (χ1) is 9.57. The highest BCUT2D eigenvalue weighted by molar-refractivity contribution is 5.69. The molecule has 0 N–H and O–H groups in total. The Morgan fingerprint density at radius 3 is 2.70 bits per heavy atom. The fourth-order valence-electron chi connectivity index (χ4n) is 2.16. The van der Waals surface area contributed by atoms with Crippen LogP contribution >= 0.6 is 0 Å². The summed E-state index contributed by atoms with van der Waals surface area (Å²) in [5.74, 6) is 0. The predicted molar refractivity (Wildman–Crippen MR) is 75.9 cm³/mol. The lowest BCUT2D eigenvalue weighted by atomic mass is 10.4. The Hall–Kier alpha value is -1.89. The van der Waals surface area contributed by atoms with Crippen molar-refractivity contribution in [3.8, 4) is 0 Å². The van der Waals surface area contributed by atoms with Crippen molar-refractivity contribution in [1.29, 1.82) is 0 Å². The van der Waals surface area contributed by atoms with Crippen molar-refractivity contribution in [2.45, 2.75) is 26.3 Å². The molecule has 0 fully saturated rings. The minimum absolute atomic E-state index is 0.293. The van der Waals surface area contributed by atoms with Gasteiger partial charge in [0.05, 0.1) is 6.33 Å². The van der Waals surface area contributed by atoms with E-state index in [1.54, 1.807) is 25.0 Å². The Labute approximate surface area is 116 Å².